The molecule has 0 aliphatic carbocycles. The van der Waals surface area contributed by atoms with Crippen molar-refractivity contribution < 1.29 is 13.7 Å². The van der Waals surface area contributed by atoms with Gasteiger partial charge in [-0.1, -0.05) is 16.8 Å². The molecule has 1 amide bonds. The van der Waals surface area contributed by atoms with Crippen LogP contribution in [0.15, 0.2) is 51.6 Å². The van der Waals surface area contributed by atoms with Gasteiger partial charge in [0, 0.05) is 23.6 Å². The molecular weight excluding hydrogens is 306 g/mol. The lowest BCUT2D eigenvalue weighted by molar-refractivity contribution is 0.0925. The van der Waals surface area contributed by atoms with Gasteiger partial charge in [-0.3, -0.25) is 4.79 Å². The third-order valence-electron chi connectivity index (χ3n) is 2.94. The Balaban J connectivity index is 1.56. The first-order chi connectivity index (χ1) is 10.7. The smallest absolute Gasteiger partial charge is 0.286 e. The number of nitrogens with zero attached hydrogens (tertiary/aromatic N) is 2. The molecule has 0 spiro atoms. The van der Waals surface area contributed by atoms with Crippen molar-refractivity contribution in [2.45, 2.75) is 6.42 Å². The van der Waals surface area contributed by atoms with E-state index >= 15 is 0 Å². The summed E-state index contributed by atoms with van der Waals surface area (Å²) in [7, 11) is 0. The van der Waals surface area contributed by atoms with Crippen molar-refractivity contribution >= 4 is 17.5 Å². The largest absolute Gasteiger partial charge is 0.459 e. The molecule has 2 aromatic heterocycles. The van der Waals surface area contributed by atoms with Crippen molar-refractivity contribution in [1.29, 1.82) is 0 Å². The SMILES string of the molecule is O=C(NCCc1nc(-c2ccc(Cl)cc2)no1)c1ccco1. The number of rotatable bonds is 5. The Morgan fingerprint density at radius 1 is 1.23 bits per heavy atom. The molecular formula is C15H12ClN3O3. The van der Waals surface area contributed by atoms with Crippen LogP contribution in [0.2, 0.25) is 5.02 Å². The Kier molecular flexibility index (Phi) is 4.20. The zero-order valence-electron chi connectivity index (χ0n) is 11.5. The molecule has 0 saturated heterocycles. The minimum atomic E-state index is -0.276. The fraction of sp³-hybridized carbons (Fsp3) is 0.133. The van der Waals surface area contributed by atoms with Crippen molar-refractivity contribution in [3.05, 3.63) is 59.3 Å². The lowest BCUT2D eigenvalue weighted by Crippen LogP contribution is -2.25. The highest BCUT2D eigenvalue weighted by atomic mass is 35.5. The van der Waals surface area contributed by atoms with Crippen LogP contribution < -0.4 is 5.32 Å². The van der Waals surface area contributed by atoms with Crippen LogP contribution in [0.1, 0.15) is 16.4 Å². The first kappa shape index (κ1) is 14.3. The number of hydrogen-bond donors (Lipinski definition) is 1. The summed E-state index contributed by atoms with van der Waals surface area (Å²) in [6.07, 6.45) is 1.89. The first-order valence-corrected chi connectivity index (χ1v) is 7.00. The van der Waals surface area contributed by atoms with Gasteiger partial charge in [-0.15, -0.1) is 0 Å². The molecule has 22 heavy (non-hydrogen) atoms. The number of carbonyl (C=O) groups excluding carboxylic acids is 1. The van der Waals surface area contributed by atoms with Crippen molar-refractivity contribution in [3.63, 3.8) is 0 Å². The van der Waals surface area contributed by atoms with Gasteiger partial charge in [-0.2, -0.15) is 4.98 Å². The van der Waals surface area contributed by atoms with Gasteiger partial charge in [0.05, 0.1) is 6.26 Å². The summed E-state index contributed by atoms with van der Waals surface area (Å²) in [4.78, 5) is 15.9. The molecule has 3 rings (SSSR count). The van der Waals surface area contributed by atoms with Crippen LogP contribution in [0.3, 0.4) is 0 Å². The van der Waals surface area contributed by atoms with E-state index in [-0.39, 0.29) is 11.7 Å². The van der Waals surface area contributed by atoms with Gasteiger partial charge in [-0.25, -0.2) is 0 Å². The van der Waals surface area contributed by atoms with Crippen LogP contribution >= 0.6 is 11.6 Å². The Hall–Kier alpha value is -2.60. The Labute approximate surface area is 131 Å². The topological polar surface area (TPSA) is 81.2 Å². The van der Waals surface area contributed by atoms with Gasteiger partial charge in [0.1, 0.15) is 0 Å². The van der Waals surface area contributed by atoms with Crippen LogP contribution in [0.5, 0.6) is 0 Å². The van der Waals surface area contributed by atoms with E-state index < -0.39 is 0 Å². The molecule has 0 bridgehead atoms. The molecule has 0 unspecified atom stereocenters. The number of amides is 1. The van der Waals surface area contributed by atoms with E-state index in [0.29, 0.717) is 29.7 Å². The number of benzene rings is 1. The zero-order chi connectivity index (χ0) is 15.4. The van der Waals surface area contributed by atoms with Gasteiger partial charge in [-0.05, 0) is 36.4 Å². The highest BCUT2D eigenvalue weighted by Crippen LogP contribution is 2.18. The molecule has 1 N–H and O–H groups in total. The fourth-order valence-electron chi connectivity index (χ4n) is 1.85. The second-order valence-electron chi connectivity index (χ2n) is 4.50. The van der Waals surface area contributed by atoms with Crippen molar-refractivity contribution in [3.8, 4) is 11.4 Å². The Morgan fingerprint density at radius 3 is 2.77 bits per heavy atom. The summed E-state index contributed by atoms with van der Waals surface area (Å²) in [6, 6.07) is 10.4. The summed E-state index contributed by atoms with van der Waals surface area (Å²) < 4.78 is 10.1. The fourth-order valence-corrected chi connectivity index (χ4v) is 1.98. The third-order valence-corrected chi connectivity index (χ3v) is 3.19. The molecule has 0 aliphatic rings. The highest BCUT2D eigenvalue weighted by molar-refractivity contribution is 6.30. The number of nitrogens with one attached hydrogen (secondary N) is 1. The predicted octanol–water partition coefficient (Wildman–Crippen LogP) is 2.96. The Morgan fingerprint density at radius 2 is 2.05 bits per heavy atom. The summed E-state index contributed by atoms with van der Waals surface area (Å²) in [5, 5.41) is 7.26. The van der Waals surface area contributed by atoms with Crippen molar-refractivity contribution in [2.24, 2.45) is 0 Å². The number of halogens is 1. The normalized spacial score (nSPS) is 10.6. The minimum absolute atomic E-state index is 0.271. The minimum Gasteiger partial charge on any atom is -0.459 e. The lowest BCUT2D eigenvalue weighted by Gasteiger charge is -1.99. The van der Waals surface area contributed by atoms with E-state index in [1.807, 2.05) is 12.1 Å². The summed E-state index contributed by atoms with van der Waals surface area (Å²) >= 11 is 5.83. The summed E-state index contributed by atoms with van der Waals surface area (Å²) in [6.45, 7) is 0.377. The highest BCUT2D eigenvalue weighted by Gasteiger charge is 2.11. The average Bonchev–Trinajstić information content (AvgIpc) is 3.19. The van der Waals surface area contributed by atoms with Crippen molar-refractivity contribution in [1.82, 2.24) is 15.5 Å². The molecule has 6 nitrogen and oxygen atoms in total. The van der Waals surface area contributed by atoms with Crippen LogP contribution in [-0.2, 0) is 6.42 Å². The maximum atomic E-state index is 11.7. The van der Waals surface area contributed by atoms with E-state index in [2.05, 4.69) is 15.5 Å². The molecule has 7 heteroatoms. The van der Waals surface area contributed by atoms with Gasteiger partial charge in [0.25, 0.3) is 5.91 Å². The summed E-state index contributed by atoms with van der Waals surface area (Å²) in [5.41, 5.74) is 0.819. The molecule has 1 aromatic carbocycles. The third kappa shape index (κ3) is 3.35. The molecule has 3 aromatic rings. The average molecular weight is 318 g/mol. The van der Waals surface area contributed by atoms with Gasteiger partial charge in [0.2, 0.25) is 11.7 Å². The van der Waals surface area contributed by atoms with E-state index in [1.165, 1.54) is 6.26 Å². The van der Waals surface area contributed by atoms with Gasteiger partial charge in [0.15, 0.2) is 5.76 Å². The van der Waals surface area contributed by atoms with Crippen molar-refractivity contribution in [2.75, 3.05) is 6.54 Å². The lowest BCUT2D eigenvalue weighted by atomic mass is 10.2. The zero-order valence-corrected chi connectivity index (χ0v) is 12.2. The van der Waals surface area contributed by atoms with Crippen LogP contribution in [0, 0.1) is 0 Å². The predicted molar refractivity (Wildman–Crippen MR) is 79.5 cm³/mol. The standard InChI is InChI=1S/C15H12ClN3O3/c16-11-5-3-10(4-6-11)14-18-13(22-19-14)7-8-17-15(20)12-2-1-9-21-12/h1-6,9H,7-8H2,(H,17,20). The number of hydrogen-bond acceptors (Lipinski definition) is 5. The quantitative estimate of drug-likeness (QED) is 0.782. The maximum absolute atomic E-state index is 11.7. The van der Waals surface area contributed by atoms with E-state index in [9.17, 15) is 4.79 Å². The Bertz CT molecular complexity index is 751. The first-order valence-electron chi connectivity index (χ1n) is 6.62. The van der Waals surface area contributed by atoms with E-state index in [1.54, 1.807) is 24.3 Å². The summed E-state index contributed by atoms with van der Waals surface area (Å²) in [5.74, 6) is 0.934. The van der Waals surface area contributed by atoms with Crippen LogP contribution in [0.4, 0.5) is 0 Å². The van der Waals surface area contributed by atoms with E-state index in [0.717, 1.165) is 5.56 Å². The molecule has 0 saturated carbocycles. The second kappa shape index (κ2) is 6.44. The molecule has 0 aliphatic heterocycles. The van der Waals surface area contributed by atoms with Gasteiger partial charge >= 0.3 is 0 Å². The van der Waals surface area contributed by atoms with E-state index in [4.69, 9.17) is 20.5 Å². The molecule has 112 valence electrons. The van der Waals surface area contributed by atoms with Gasteiger partial charge < -0.3 is 14.3 Å². The molecule has 2 heterocycles. The second-order valence-corrected chi connectivity index (χ2v) is 4.94. The molecule has 0 atom stereocenters. The molecule has 0 fully saturated rings. The number of furan rings is 1. The van der Waals surface area contributed by atoms with Crippen LogP contribution in [0.25, 0.3) is 11.4 Å². The maximum Gasteiger partial charge on any atom is 0.286 e. The number of aromatic nitrogens is 2. The molecule has 0 radical (unpaired) electrons. The number of carbonyl (C=O) groups is 1. The van der Waals surface area contributed by atoms with Crippen LogP contribution in [-0.4, -0.2) is 22.6 Å². The monoisotopic (exact) mass is 317 g/mol.